The van der Waals surface area contributed by atoms with Crippen LogP contribution in [0.5, 0.6) is 5.75 Å². The summed E-state index contributed by atoms with van der Waals surface area (Å²) in [5.41, 5.74) is 0.873. The molecule has 2 nitrogen and oxygen atoms in total. The van der Waals surface area contributed by atoms with E-state index in [2.05, 4.69) is 11.8 Å². The fraction of sp³-hybridized carbons (Fsp3) is 0.250. The summed E-state index contributed by atoms with van der Waals surface area (Å²) in [4.78, 5) is 10.0. The van der Waals surface area contributed by atoms with Gasteiger partial charge in [-0.15, -0.1) is 0 Å². The molecule has 0 heterocycles. The van der Waals surface area contributed by atoms with Gasteiger partial charge in [0, 0.05) is 5.56 Å². The van der Waals surface area contributed by atoms with Gasteiger partial charge in [-0.05, 0) is 25.1 Å². The molecule has 0 N–H and O–H groups in total. The van der Waals surface area contributed by atoms with Gasteiger partial charge in [0.2, 0.25) is 0 Å². The van der Waals surface area contributed by atoms with Crippen molar-refractivity contribution in [2.24, 2.45) is 0 Å². The Morgan fingerprint density at radius 1 is 1.50 bits per heavy atom. The van der Waals surface area contributed by atoms with Crippen molar-refractivity contribution in [1.29, 1.82) is 0 Å². The first-order valence-corrected chi connectivity index (χ1v) is 4.52. The monoisotopic (exact) mass is 188 g/mol. The van der Waals surface area contributed by atoms with Crippen molar-refractivity contribution in [2.45, 2.75) is 13.3 Å². The van der Waals surface area contributed by atoms with Crippen LogP contribution in [0.2, 0.25) is 0 Å². The van der Waals surface area contributed by atoms with Gasteiger partial charge in [0.05, 0.1) is 13.0 Å². The highest BCUT2D eigenvalue weighted by atomic mass is 16.5. The molecule has 0 amide bonds. The van der Waals surface area contributed by atoms with Gasteiger partial charge in [-0.25, -0.2) is 0 Å². The Hall–Kier alpha value is -1.75. The number of rotatable bonds is 3. The van der Waals surface area contributed by atoms with Crippen LogP contribution < -0.4 is 4.74 Å². The molecule has 0 fully saturated rings. The lowest BCUT2D eigenvalue weighted by Gasteiger charge is -2.01. The minimum Gasteiger partial charge on any atom is -0.494 e. The van der Waals surface area contributed by atoms with Crippen LogP contribution in [-0.2, 0) is 4.79 Å². The number of aldehydes is 1. The second-order valence-corrected chi connectivity index (χ2v) is 2.63. The minimum atomic E-state index is 0.277. The maximum atomic E-state index is 10.0. The Bertz CT molecular complexity index is 358. The summed E-state index contributed by atoms with van der Waals surface area (Å²) in [7, 11) is 0. The van der Waals surface area contributed by atoms with E-state index in [0.29, 0.717) is 6.61 Å². The maximum Gasteiger partial charge on any atom is 0.131 e. The molecule has 2 heteroatoms. The first-order valence-electron chi connectivity index (χ1n) is 4.52. The van der Waals surface area contributed by atoms with Crippen LogP contribution in [0.1, 0.15) is 18.9 Å². The van der Waals surface area contributed by atoms with Crippen molar-refractivity contribution in [1.82, 2.24) is 0 Å². The number of ether oxygens (including phenoxy) is 1. The van der Waals surface area contributed by atoms with Crippen molar-refractivity contribution in [2.75, 3.05) is 6.61 Å². The molecule has 0 aliphatic carbocycles. The number of carbonyl (C=O) groups excluding carboxylic acids is 1. The van der Waals surface area contributed by atoms with Gasteiger partial charge in [-0.2, -0.15) is 0 Å². The van der Waals surface area contributed by atoms with E-state index in [0.717, 1.165) is 17.6 Å². The zero-order chi connectivity index (χ0) is 10.2. The number of benzene rings is 1. The third-order valence-corrected chi connectivity index (χ3v) is 1.56. The summed E-state index contributed by atoms with van der Waals surface area (Å²) in [6.07, 6.45) is 1.07. The maximum absolute atomic E-state index is 10.0. The Morgan fingerprint density at radius 2 is 2.36 bits per heavy atom. The molecule has 72 valence electrons. The molecule has 0 atom stereocenters. The minimum absolute atomic E-state index is 0.277. The first kappa shape index (κ1) is 10.3. The summed E-state index contributed by atoms with van der Waals surface area (Å²) in [6, 6.07) is 7.52. The Labute approximate surface area is 83.9 Å². The van der Waals surface area contributed by atoms with E-state index >= 15 is 0 Å². The zero-order valence-electron chi connectivity index (χ0n) is 8.12. The van der Waals surface area contributed by atoms with E-state index in [1.165, 1.54) is 0 Å². The number of hydrogen-bond donors (Lipinski definition) is 0. The molecule has 1 aromatic rings. The third-order valence-electron chi connectivity index (χ3n) is 1.56. The second-order valence-electron chi connectivity index (χ2n) is 2.63. The molecule has 0 aromatic heterocycles. The van der Waals surface area contributed by atoms with Crippen LogP contribution in [0.15, 0.2) is 24.3 Å². The van der Waals surface area contributed by atoms with Crippen LogP contribution in [-0.4, -0.2) is 12.9 Å². The lowest BCUT2D eigenvalue weighted by atomic mass is 10.2. The average Bonchev–Trinajstić information content (AvgIpc) is 2.19. The molecular weight excluding hydrogens is 176 g/mol. The summed E-state index contributed by atoms with van der Waals surface area (Å²) in [5.74, 6) is 6.44. The quantitative estimate of drug-likeness (QED) is 0.536. The summed E-state index contributed by atoms with van der Waals surface area (Å²) >= 11 is 0. The number of carbonyl (C=O) groups is 1. The van der Waals surface area contributed by atoms with E-state index in [4.69, 9.17) is 4.74 Å². The van der Waals surface area contributed by atoms with Crippen LogP contribution in [0.4, 0.5) is 0 Å². The van der Waals surface area contributed by atoms with Gasteiger partial charge in [0.15, 0.2) is 0 Å². The summed E-state index contributed by atoms with van der Waals surface area (Å²) < 4.78 is 5.32. The smallest absolute Gasteiger partial charge is 0.131 e. The van der Waals surface area contributed by atoms with Crippen LogP contribution in [0.3, 0.4) is 0 Å². The topological polar surface area (TPSA) is 26.3 Å². The first-order chi connectivity index (χ1) is 6.86. The normalized spacial score (nSPS) is 8.64. The molecule has 0 bridgehead atoms. The van der Waals surface area contributed by atoms with Crippen molar-refractivity contribution in [3.63, 3.8) is 0 Å². The second kappa shape index (κ2) is 5.82. The molecule has 0 aliphatic rings. The molecule has 14 heavy (non-hydrogen) atoms. The largest absolute Gasteiger partial charge is 0.494 e. The number of hydrogen-bond acceptors (Lipinski definition) is 2. The Kier molecular flexibility index (Phi) is 4.30. The highest BCUT2D eigenvalue weighted by Gasteiger charge is 1.91. The lowest BCUT2D eigenvalue weighted by Crippen LogP contribution is -1.91. The molecule has 1 aromatic carbocycles. The molecule has 0 saturated carbocycles. The zero-order valence-corrected chi connectivity index (χ0v) is 8.12. The van der Waals surface area contributed by atoms with Crippen molar-refractivity contribution < 1.29 is 9.53 Å². The van der Waals surface area contributed by atoms with Crippen LogP contribution in [0.25, 0.3) is 0 Å². The third kappa shape index (κ3) is 3.32. The fourth-order valence-corrected chi connectivity index (χ4v) is 1.03. The van der Waals surface area contributed by atoms with Gasteiger partial charge < -0.3 is 9.53 Å². The van der Waals surface area contributed by atoms with Gasteiger partial charge in [-0.3, -0.25) is 0 Å². The van der Waals surface area contributed by atoms with Gasteiger partial charge in [-0.1, -0.05) is 17.9 Å². The van der Waals surface area contributed by atoms with E-state index in [-0.39, 0.29) is 6.42 Å². The van der Waals surface area contributed by atoms with Gasteiger partial charge in [0.25, 0.3) is 0 Å². The molecule has 0 spiro atoms. The fourth-order valence-electron chi connectivity index (χ4n) is 1.03. The standard InChI is InChI=1S/C12H12O2/c1-2-14-12-8-5-7-11(10-12)6-3-4-9-13/h5,7-10H,2,4H2,1H3. The average molecular weight is 188 g/mol. The van der Waals surface area contributed by atoms with E-state index < -0.39 is 0 Å². The molecule has 0 radical (unpaired) electrons. The van der Waals surface area contributed by atoms with Gasteiger partial charge >= 0.3 is 0 Å². The van der Waals surface area contributed by atoms with E-state index in [1.807, 2.05) is 31.2 Å². The van der Waals surface area contributed by atoms with Crippen molar-refractivity contribution >= 4 is 6.29 Å². The highest BCUT2D eigenvalue weighted by Crippen LogP contribution is 2.12. The highest BCUT2D eigenvalue weighted by molar-refractivity contribution is 5.55. The molecule has 1 rings (SSSR count). The predicted molar refractivity (Wildman–Crippen MR) is 55.2 cm³/mol. The summed E-state index contributed by atoms with van der Waals surface area (Å²) in [6.45, 7) is 2.58. The molecular formula is C12H12O2. The van der Waals surface area contributed by atoms with Crippen LogP contribution in [0, 0.1) is 11.8 Å². The predicted octanol–water partition coefficient (Wildman–Crippen LogP) is 2.03. The molecule has 0 saturated heterocycles. The Morgan fingerprint density at radius 3 is 3.07 bits per heavy atom. The van der Waals surface area contributed by atoms with Crippen molar-refractivity contribution in [3.8, 4) is 17.6 Å². The van der Waals surface area contributed by atoms with E-state index in [9.17, 15) is 4.79 Å². The van der Waals surface area contributed by atoms with Crippen LogP contribution >= 0.6 is 0 Å². The molecule has 0 aliphatic heterocycles. The summed E-state index contributed by atoms with van der Waals surface area (Å²) in [5, 5.41) is 0. The van der Waals surface area contributed by atoms with Crippen molar-refractivity contribution in [3.05, 3.63) is 29.8 Å². The SMILES string of the molecule is CCOc1cccc(C#CCC=O)c1. The van der Waals surface area contributed by atoms with Gasteiger partial charge in [0.1, 0.15) is 12.0 Å². The Balaban J connectivity index is 2.74. The lowest BCUT2D eigenvalue weighted by molar-refractivity contribution is -0.107. The van der Waals surface area contributed by atoms with E-state index in [1.54, 1.807) is 0 Å². The molecule has 0 unspecified atom stereocenters.